The van der Waals surface area contributed by atoms with Crippen molar-refractivity contribution in [3.05, 3.63) is 29.3 Å². The van der Waals surface area contributed by atoms with Crippen molar-refractivity contribution in [2.75, 3.05) is 12.9 Å². The van der Waals surface area contributed by atoms with Gasteiger partial charge in [0.25, 0.3) is 0 Å². The lowest BCUT2D eigenvalue weighted by atomic mass is 9.98. The van der Waals surface area contributed by atoms with E-state index in [0.29, 0.717) is 5.75 Å². The zero-order valence-corrected chi connectivity index (χ0v) is 12.0. The van der Waals surface area contributed by atoms with Crippen LogP contribution in [0.5, 0.6) is 5.75 Å². The molecule has 1 amide bonds. The lowest BCUT2D eigenvalue weighted by molar-refractivity contribution is -0.109. The molecule has 1 rings (SSSR count). The topological polar surface area (TPSA) is 110 Å². The zero-order chi connectivity index (χ0) is 15.3. The first kappa shape index (κ1) is 16.5. The molecule has 0 saturated heterocycles. The van der Waals surface area contributed by atoms with Crippen LogP contribution >= 0.6 is 11.8 Å². The quantitative estimate of drug-likeness (QED) is 0.704. The van der Waals surface area contributed by atoms with E-state index in [1.54, 1.807) is 6.07 Å². The maximum Gasteiger partial charge on any atom is 0.249 e. The number of nitrogens with two attached hydrogens (primary N) is 1. The maximum absolute atomic E-state index is 11.4. The molecule has 110 valence electrons. The fourth-order valence-electron chi connectivity index (χ4n) is 1.63. The first-order chi connectivity index (χ1) is 9.36. The summed E-state index contributed by atoms with van der Waals surface area (Å²) in [5.74, 6) is -0.285. The summed E-state index contributed by atoms with van der Waals surface area (Å²) in [6.45, 7) is 1.37. The van der Waals surface area contributed by atoms with Gasteiger partial charge in [-0.2, -0.15) is 0 Å². The highest BCUT2D eigenvalue weighted by Crippen LogP contribution is 2.26. The smallest absolute Gasteiger partial charge is 0.249 e. The van der Waals surface area contributed by atoms with Crippen molar-refractivity contribution in [2.24, 2.45) is 5.73 Å². The van der Waals surface area contributed by atoms with Crippen LogP contribution in [0.2, 0.25) is 0 Å². The first-order valence-corrected chi connectivity index (χ1v) is 6.82. The Bertz CT molecular complexity index is 506. The number of rotatable bonds is 6. The third-order valence-electron chi connectivity index (χ3n) is 2.67. The summed E-state index contributed by atoms with van der Waals surface area (Å²) < 4.78 is 4.98. The highest BCUT2D eigenvalue weighted by atomic mass is 32.2. The molecule has 0 bridgehead atoms. The minimum absolute atomic E-state index is 0.0285. The van der Waals surface area contributed by atoms with Gasteiger partial charge in [0, 0.05) is 18.2 Å². The molecule has 2 unspecified atom stereocenters. The SMILES string of the molecule is COc1ccc(C(O)C(O)CSC(C)=O)c(C(N)=O)c1. The fourth-order valence-corrected chi connectivity index (χ4v) is 2.22. The summed E-state index contributed by atoms with van der Waals surface area (Å²) in [5, 5.41) is 19.8. The first-order valence-electron chi connectivity index (χ1n) is 5.84. The Morgan fingerprint density at radius 1 is 1.40 bits per heavy atom. The highest BCUT2D eigenvalue weighted by molar-refractivity contribution is 8.13. The normalized spacial score (nSPS) is 13.6. The summed E-state index contributed by atoms with van der Waals surface area (Å²) in [7, 11) is 1.44. The number of hydrogen-bond donors (Lipinski definition) is 3. The summed E-state index contributed by atoms with van der Waals surface area (Å²) >= 11 is 0.895. The number of thioether (sulfide) groups is 1. The van der Waals surface area contributed by atoms with Gasteiger partial charge in [0.05, 0.1) is 13.2 Å². The lowest BCUT2D eigenvalue weighted by Gasteiger charge is -2.19. The van der Waals surface area contributed by atoms with Gasteiger partial charge in [-0.3, -0.25) is 9.59 Å². The number of hydrogen-bond acceptors (Lipinski definition) is 6. The number of amides is 1. The number of aliphatic hydroxyl groups is 2. The van der Waals surface area contributed by atoms with Gasteiger partial charge in [-0.05, 0) is 17.7 Å². The van der Waals surface area contributed by atoms with Crippen molar-refractivity contribution in [3.8, 4) is 5.75 Å². The molecule has 1 aromatic rings. The molecule has 7 heteroatoms. The summed E-state index contributed by atoms with van der Waals surface area (Å²) in [6.07, 6.45) is -2.49. The van der Waals surface area contributed by atoms with Crippen LogP contribution in [-0.2, 0) is 4.79 Å². The fraction of sp³-hybridized carbons (Fsp3) is 0.385. The molecule has 4 N–H and O–H groups in total. The molecule has 0 aliphatic rings. The van der Waals surface area contributed by atoms with Crippen molar-refractivity contribution in [1.82, 2.24) is 0 Å². The second-order valence-electron chi connectivity index (χ2n) is 4.13. The van der Waals surface area contributed by atoms with Crippen molar-refractivity contribution < 1.29 is 24.5 Å². The van der Waals surface area contributed by atoms with Crippen molar-refractivity contribution in [3.63, 3.8) is 0 Å². The van der Waals surface area contributed by atoms with E-state index in [9.17, 15) is 19.8 Å². The number of aliphatic hydroxyl groups excluding tert-OH is 2. The molecule has 0 radical (unpaired) electrons. The number of carbonyl (C=O) groups is 2. The number of benzene rings is 1. The second kappa shape index (κ2) is 7.28. The molecule has 1 aromatic carbocycles. The Hall–Kier alpha value is -1.57. The Kier molecular flexibility index (Phi) is 6.00. The second-order valence-corrected chi connectivity index (χ2v) is 5.33. The predicted octanol–water partition coefficient (Wildman–Crippen LogP) is 0.468. The molecule has 0 spiro atoms. The maximum atomic E-state index is 11.4. The predicted molar refractivity (Wildman–Crippen MR) is 75.6 cm³/mol. The average molecular weight is 299 g/mol. The van der Waals surface area contributed by atoms with Gasteiger partial charge in [-0.1, -0.05) is 17.8 Å². The Morgan fingerprint density at radius 3 is 2.55 bits per heavy atom. The van der Waals surface area contributed by atoms with Crippen LogP contribution < -0.4 is 10.5 Å². The summed E-state index contributed by atoms with van der Waals surface area (Å²) in [5.41, 5.74) is 5.53. The van der Waals surface area contributed by atoms with Crippen LogP contribution in [0.1, 0.15) is 28.9 Å². The van der Waals surface area contributed by atoms with E-state index >= 15 is 0 Å². The van der Waals surface area contributed by atoms with Gasteiger partial charge >= 0.3 is 0 Å². The van der Waals surface area contributed by atoms with E-state index in [1.807, 2.05) is 0 Å². The Balaban J connectivity index is 2.99. The van der Waals surface area contributed by atoms with E-state index in [4.69, 9.17) is 10.5 Å². The van der Waals surface area contributed by atoms with Gasteiger partial charge in [-0.15, -0.1) is 0 Å². The molecular weight excluding hydrogens is 282 g/mol. The molecule has 2 atom stereocenters. The van der Waals surface area contributed by atoms with E-state index in [0.717, 1.165) is 11.8 Å². The molecule has 0 heterocycles. The van der Waals surface area contributed by atoms with E-state index in [2.05, 4.69) is 0 Å². The number of methoxy groups -OCH3 is 1. The minimum atomic E-state index is -1.31. The van der Waals surface area contributed by atoms with Crippen molar-refractivity contribution in [2.45, 2.75) is 19.1 Å². The van der Waals surface area contributed by atoms with E-state index in [1.165, 1.54) is 26.2 Å². The number of primary amides is 1. The molecule has 0 aliphatic heterocycles. The zero-order valence-electron chi connectivity index (χ0n) is 11.2. The van der Waals surface area contributed by atoms with Crippen LogP contribution in [0.15, 0.2) is 18.2 Å². The van der Waals surface area contributed by atoms with Crippen LogP contribution in [0.3, 0.4) is 0 Å². The Morgan fingerprint density at radius 2 is 2.05 bits per heavy atom. The van der Waals surface area contributed by atoms with E-state index < -0.39 is 18.1 Å². The van der Waals surface area contributed by atoms with Crippen LogP contribution in [0.4, 0.5) is 0 Å². The monoisotopic (exact) mass is 299 g/mol. The van der Waals surface area contributed by atoms with Gasteiger partial charge in [0.2, 0.25) is 5.91 Å². The molecule has 0 aromatic heterocycles. The average Bonchev–Trinajstić information content (AvgIpc) is 2.43. The standard InChI is InChI=1S/C13H17NO5S/c1-7(15)20-6-11(16)12(17)9-4-3-8(19-2)5-10(9)13(14)18/h3-5,11-12,16-17H,6H2,1-2H3,(H2,14,18). The molecule has 0 fully saturated rings. The Labute approximate surface area is 120 Å². The van der Waals surface area contributed by atoms with Crippen LogP contribution in [0, 0.1) is 0 Å². The third-order valence-corrected chi connectivity index (χ3v) is 3.58. The van der Waals surface area contributed by atoms with Crippen LogP contribution in [-0.4, -0.2) is 40.2 Å². The molecular formula is C13H17NO5S. The summed E-state index contributed by atoms with van der Waals surface area (Å²) in [4.78, 5) is 22.2. The molecule has 6 nitrogen and oxygen atoms in total. The van der Waals surface area contributed by atoms with E-state index in [-0.39, 0.29) is 22.0 Å². The van der Waals surface area contributed by atoms with Gasteiger partial charge in [0.1, 0.15) is 11.9 Å². The van der Waals surface area contributed by atoms with Crippen molar-refractivity contribution in [1.29, 1.82) is 0 Å². The van der Waals surface area contributed by atoms with Gasteiger partial charge in [-0.25, -0.2) is 0 Å². The third kappa shape index (κ3) is 4.22. The highest BCUT2D eigenvalue weighted by Gasteiger charge is 2.24. The number of ether oxygens (including phenoxy) is 1. The van der Waals surface area contributed by atoms with Gasteiger partial charge in [0.15, 0.2) is 5.12 Å². The van der Waals surface area contributed by atoms with Crippen LogP contribution in [0.25, 0.3) is 0 Å². The molecule has 0 aliphatic carbocycles. The van der Waals surface area contributed by atoms with Crippen molar-refractivity contribution >= 4 is 22.8 Å². The summed E-state index contributed by atoms with van der Waals surface area (Å²) in [6, 6.07) is 4.41. The number of carbonyl (C=O) groups excluding carboxylic acids is 2. The minimum Gasteiger partial charge on any atom is -0.497 e. The van der Waals surface area contributed by atoms with Gasteiger partial charge < -0.3 is 20.7 Å². The molecule has 20 heavy (non-hydrogen) atoms. The largest absolute Gasteiger partial charge is 0.497 e. The lowest BCUT2D eigenvalue weighted by Crippen LogP contribution is -2.25. The molecule has 0 saturated carbocycles.